The molecule has 1 aromatic heterocycles. The van der Waals surface area contributed by atoms with E-state index in [1.54, 1.807) is 24.3 Å². The molecule has 3 rings (SSSR count). The van der Waals surface area contributed by atoms with E-state index in [1.165, 1.54) is 0 Å². The normalized spacial score (nSPS) is 19.7. The van der Waals surface area contributed by atoms with Crippen molar-refractivity contribution in [2.75, 3.05) is 19.8 Å². The van der Waals surface area contributed by atoms with Crippen LogP contribution in [0.3, 0.4) is 0 Å². The first-order chi connectivity index (χ1) is 13.0. The summed E-state index contributed by atoms with van der Waals surface area (Å²) in [5.74, 6) is 1.12. The molecule has 0 spiro atoms. The molecule has 0 aliphatic carbocycles. The minimum atomic E-state index is -0.244. The quantitative estimate of drug-likeness (QED) is 0.777. The van der Waals surface area contributed by atoms with E-state index in [0.29, 0.717) is 37.0 Å². The van der Waals surface area contributed by atoms with E-state index in [2.05, 4.69) is 10.5 Å². The van der Waals surface area contributed by atoms with Gasteiger partial charge in [-0.2, -0.15) is 0 Å². The van der Waals surface area contributed by atoms with Gasteiger partial charge in [0.2, 0.25) is 0 Å². The van der Waals surface area contributed by atoms with Crippen LogP contribution in [-0.4, -0.2) is 43.0 Å². The summed E-state index contributed by atoms with van der Waals surface area (Å²) in [7, 11) is 0. The summed E-state index contributed by atoms with van der Waals surface area (Å²) in [6.45, 7) is 5.02. The first-order valence-electron chi connectivity index (χ1n) is 8.81. The van der Waals surface area contributed by atoms with Crippen molar-refractivity contribution in [3.05, 3.63) is 46.3 Å². The number of hydrogen-bond donors (Lipinski definition) is 1. The number of benzene rings is 1. The predicted octanol–water partition coefficient (Wildman–Crippen LogP) is 2.81. The summed E-state index contributed by atoms with van der Waals surface area (Å²) in [4.78, 5) is 12.3. The van der Waals surface area contributed by atoms with Crippen LogP contribution in [0.25, 0.3) is 0 Å². The largest absolute Gasteiger partial charge is 0.484 e. The Balaban J connectivity index is 1.50. The molecule has 146 valence electrons. The number of carbonyl (C=O) groups is 1. The monoisotopic (exact) mass is 394 g/mol. The highest BCUT2D eigenvalue weighted by Gasteiger charge is 2.28. The molecule has 1 aromatic carbocycles. The lowest BCUT2D eigenvalue weighted by Crippen LogP contribution is -2.51. The molecule has 1 saturated heterocycles. The highest BCUT2D eigenvalue weighted by Crippen LogP contribution is 2.18. The second-order valence-corrected chi connectivity index (χ2v) is 6.87. The van der Waals surface area contributed by atoms with E-state index >= 15 is 0 Å². The Morgan fingerprint density at radius 3 is 2.81 bits per heavy atom. The van der Waals surface area contributed by atoms with Gasteiger partial charge in [-0.1, -0.05) is 16.8 Å². The van der Waals surface area contributed by atoms with Crippen molar-refractivity contribution in [2.45, 2.75) is 39.0 Å². The third-order valence-corrected chi connectivity index (χ3v) is 4.71. The van der Waals surface area contributed by atoms with Gasteiger partial charge in [0.1, 0.15) is 17.6 Å². The van der Waals surface area contributed by atoms with Crippen LogP contribution in [0.2, 0.25) is 5.02 Å². The third-order valence-electron chi connectivity index (χ3n) is 4.46. The minimum absolute atomic E-state index is 0.0738. The molecular formula is C19H23ClN2O5. The zero-order chi connectivity index (χ0) is 19.2. The van der Waals surface area contributed by atoms with Gasteiger partial charge in [-0.3, -0.25) is 4.79 Å². The molecule has 0 bridgehead atoms. The third kappa shape index (κ3) is 5.45. The van der Waals surface area contributed by atoms with Crippen molar-refractivity contribution in [1.82, 2.24) is 10.5 Å². The zero-order valence-electron chi connectivity index (χ0n) is 15.4. The molecular weight excluding hydrogens is 372 g/mol. The smallest absolute Gasteiger partial charge is 0.258 e. The number of carbonyl (C=O) groups excluding carboxylic acids is 1. The lowest BCUT2D eigenvalue weighted by Gasteiger charge is -2.32. The van der Waals surface area contributed by atoms with Gasteiger partial charge >= 0.3 is 0 Å². The second-order valence-electron chi connectivity index (χ2n) is 6.43. The summed E-state index contributed by atoms with van der Waals surface area (Å²) < 4.78 is 22.1. The Hall–Kier alpha value is -2.09. The molecule has 8 heteroatoms. The molecule has 1 aliphatic heterocycles. The Labute approximate surface area is 162 Å². The van der Waals surface area contributed by atoms with Gasteiger partial charge in [0.05, 0.1) is 24.9 Å². The van der Waals surface area contributed by atoms with Crippen molar-refractivity contribution in [2.24, 2.45) is 0 Å². The van der Waals surface area contributed by atoms with Gasteiger partial charge in [-0.15, -0.1) is 0 Å². The molecule has 2 atom stereocenters. The summed E-state index contributed by atoms with van der Waals surface area (Å²) in [6.07, 6.45) is 0.436. The standard InChI is InChI=1S/C19H23ClN2O5/c1-12-16(13(2)27-22-12)9-26-18-10-24-8-7-17(18)21-19(23)11-25-15-5-3-14(20)4-6-15/h3-6,17-18H,7-11H2,1-2H3,(H,21,23)/t17-,18-/m1/s1. The van der Waals surface area contributed by atoms with Crippen LogP contribution in [0, 0.1) is 13.8 Å². The number of hydrogen-bond acceptors (Lipinski definition) is 6. The van der Waals surface area contributed by atoms with Crippen molar-refractivity contribution in [3.8, 4) is 5.75 Å². The SMILES string of the molecule is Cc1noc(C)c1CO[C@@H]1COCC[C@H]1NC(=O)COc1ccc(Cl)cc1. The van der Waals surface area contributed by atoms with Gasteiger partial charge in [0.15, 0.2) is 6.61 Å². The van der Waals surface area contributed by atoms with Crippen LogP contribution >= 0.6 is 11.6 Å². The van der Waals surface area contributed by atoms with Crippen LogP contribution in [0.5, 0.6) is 5.75 Å². The van der Waals surface area contributed by atoms with Crippen LogP contribution in [0.4, 0.5) is 0 Å². The Morgan fingerprint density at radius 2 is 2.11 bits per heavy atom. The Kier molecular flexibility index (Phi) is 6.71. The first-order valence-corrected chi connectivity index (χ1v) is 9.19. The fourth-order valence-corrected chi connectivity index (χ4v) is 2.99. The van der Waals surface area contributed by atoms with E-state index in [0.717, 1.165) is 17.0 Å². The zero-order valence-corrected chi connectivity index (χ0v) is 16.1. The lowest BCUT2D eigenvalue weighted by atomic mass is 10.1. The van der Waals surface area contributed by atoms with Gasteiger partial charge in [-0.25, -0.2) is 0 Å². The summed E-state index contributed by atoms with van der Waals surface area (Å²) in [5.41, 5.74) is 1.73. The van der Waals surface area contributed by atoms with Crippen LogP contribution in [0.15, 0.2) is 28.8 Å². The van der Waals surface area contributed by atoms with Gasteiger partial charge in [0, 0.05) is 17.2 Å². The molecule has 2 heterocycles. The molecule has 27 heavy (non-hydrogen) atoms. The summed E-state index contributed by atoms with van der Waals surface area (Å²) in [6, 6.07) is 6.73. The Bertz CT molecular complexity index is 742. The van der Waals surface area contributed by atoms with E-state index in [4.69, 9.17) is 30.3 Å². The van der Waals surface area contributed by atoms with E-state index in [-0.39, 0.29) is 24.7 Å². The highest BCUT2D eigenvalue weighted by atomic mass is 35.5. The summed E-state index contributed by atoms with van der Waals surface area (Å²) in [5, 5.41) is 7.52. The fraction of sp³-hybridized carbons (Fsp3) is 0.474. The molecule has 1 aliphatic rings. The molecule has 1 fully saturated rings. The number of rotatable bonds is 7. The van der Waals surface area contributed by atoms with Gasteiger partial charge < -0.3 is 24.1 Å². The molecule has 0 unspecified atom stereocenters. The lowest BCUT2D eigenvalue weighted by molar-refractivity contribution is -0.128. The average molecular weight is 395 g/mol. The van der Waals surface area contributed by atoms with E-state index in [9.17, 15) is 4.79 Å². The van der Waals surface area contributed by atoms with Crippen molar-refractivity contribution >= 4 is 17.5 Å². The van der Waals surface area contributed by atoms with Crippen molar-refractivity contribution < 1.29 is 23.5 Å². The highest BCUT2D eigenvalue weighted by molar-refractivity contribution is 6.30. The fourth-order valence-electron chi connectivity index (χ4n) is 2.87. The van der Waals surface area contributed by atoms with E-state index in [1.807, 2.05) is 13.8 Å². The molecule has 1 N–H and O–H groups in total. The maximum Gasteiger partial charge on any atom is 0.258 e. The van der Waals surface area contributed by atoms with Crippen LogP contribution in [0.1, 0.15) is 23.4 Å². The van der Waals surface area contributed by atoms with Crippen LogP contribution < -0.4 is 10.1 Å². The first kappa shape index (κ1) is 19.7. The summed E-state index contributed by atoms with van der Waals surface area (Å²) >= 11 is 5.84. The van der Waals surface area contributed by atoms with Crippen LogP contribution in [-0.2, 0) is 20.9 Å². The number of aromatic nitrogens is 1. The molecule has 0 radical (unpaired) electrons. The molecule has 0 saturated carbocycles. The molecule has 2 aromatic rings. The second kappa shape index (κ2) is 9.21. The number of nitrogens with one attached hydrogen (secondary N) is 1. The Morgan fingerprint density at radius 1 is 1.33 bits per heavy atom. The minimum Gasteiger partial charge on any atom is -0.484 e. The molecule has 7 nitrogen and oxygen atoms in total. The number of aryl methyl sites for hydroxylation is 2. The molecule has 1 amide bonds. The predicted molar refractivity (Wildman–Crippen MR) is 98.9 cm³/mol. The number of nitrogens with zero attached hydrogens (tertiary/aromatic N) is 1. The number of amides is 1. The maximum atomic E-state index is 12.3. The average Bonchev–Trinajstić information content (AvgIpc) is 2.98. The number of halogens is 1. The van der Waals surface area contributed by atoms with E-state index < -0.39 is 0 Å². The topological polar surface area (TPSA) is 82.8 Å². The van der Waals surface area contributed by atoms with Crippen molar-refractivity contribution in [1.29, 1.82) is 0 Å². The van der Waals surface area contributed by atoms with Crippen molar-refractivity contribution in [3.63, 3.8) is 0 Å². The van der Waals surface area contributed by atoms with Gasteiger partial charge in [-0.05, 0) is 44.5 Å². The van der Waals surface area contributed by atoms with Gasteiger partial charge in [0.25, 0.3) is 5.91 Å². The number of ether oxygens (including phenoxy) is 3. The maximum absolute atomic E-state index is 12.3.